The van der Waals surface area contributed by atoms with Crippen molar-refractivity contribution in [2.24, 2.45) is 10.9 Å². The van der Waals surface area contributed by atoms with Crippen molar-refractivity contribution in [3.05, 3.63) is 53.9 Å². The number of aromatic nitrogens is 2. The van der Waals surface area contributed by atoms with Gasteiger partial charge in [0, 0.05) is 45.6 Å². The van der Waals surface area contributed by atoms with E-state index in [0.717, 1.165) is 45.0 Å². The van der Waals surface area contributed by atoms with Gasteiger partial charge in [0.2, 0.25) is 0 Å². The monoisotopic (exact) mass is 568 g/mol. The van der Waals surface area contributed by atoms with Gasteiger partial charge in [-0.15, -0.1) is 24.0 Å². The largest absolute Gasteiger partial charge is 0.444 e. The molecule has 2 N–H and O–H groups in total. The third-order valence-corrected chi connectivity index (χ3v) is 5.50. The van der Waals surface area contributed by atoms with Crippen molar-refractivity contribution in [2.45, 2.75) is 52.3 Å². The topological polar surface area (TPSA) is 83.8 Å². The highest BCUT2D eigenvalue weighted by Crippen LogP contribution is 2.19. The number of rotatable bonds is 6. The summed E-state index contributed by atoms with van der Waals surface area (Å²) in [5, 5.41) is 11.2. The van der Waals surface area contributed by atoms with Crippen LogP contribution in [0.15, 0.2) is 47.7 Å². The van der Waals surface area contributed by atoms with Crippen LogP contribution in [-0.2, 0) is 17.8 Å². The standard InChI is InChI=1S/C24H36N6O2.HI/c1-24(2,3)32-23(31)29-14-10-19(11-15-29)16-26-22(25-4)27-17-20-8-5-6-9-21(20)18-30-13-7-12-28-30;/h5-9,12-13,19H,10-11,14-18H2,1-4H3,(H2,25,26,27);1H. The second kappa shape index (κ2) is 12.8. The molecule has 0 bridgehead atoms. The van der Waals surface area contributed by atoms with Crippen LogP contribution >= 0.6 is 24.0 Å². The molecule has 1 amide bonds. The minimum Gasteiger partial charge on any atom is -0.444 e. The molecule has 1 saturated heterocycles. The van der Waals surface area contributed by atoms with Gasteiger partial charge in [-0.05, 0) is 56.7 Å². The first kappa shape index (κ1) is 26.9. The molecule has 9 heteroatoms. The minimum atomic E-state index is -0.454. The summed E-state index contributed by atoms with van der Waals surface area (Å²) in [4.78, 5) is 18.4. The number of nitrogens with one attached hydrogen (secondary N) is 2. The molecule has 1 aliphatic rings. The molecular weight excluding hydrogens is 531 g/mol. The zero-order chi connectivity index (χ0) is 23.0. The van der Waals surface area contributed by atoms with E-state index in [1.807, 2.05) is 42.6 Å². The quantitative estimate of drug-likeness (QED) is 0.314. The fraction of sp³-hybridized carbons (Fsp3) is 0.542. The van der Waals surface area contributed by atoms with Crippen LogP contribution in [0.5, 0.6) is 0 Å². The maximum atomic E-state index is 12.2. The van der Waals surface area contributed by atoms with E-state index in [-0.39, 0.29) is 30.1 Å². The molecule has 2 aromatic rings. The minimum absolute atomic E-state index is 0. The normalized spacial score (nSPS) is 15.0. The number of piperidine rings is 1. The summed E-state index contributed by atoms with van der Waals surface area (Å²) >= 11 is 0. The van der Waals surface area contributed by atoms with Gasteiger partial charge in [-0.2, -0.15) is 5.10 Å². The molecule has 182 valence electrons. The molecule has 33 heavy (non-hydrogen) atoms. The van der Waals surface area contributed by atoms with E-state index in [1.165, 1.54) is 11.1 Å². The molecule has 2 heterocycles. The first-order chi connectivity index (χ1) is 15.3. The van der Waals surface area contributed by atoms with Crippen LogP contribution in [-0.4, -0.2) is 59.0 Å². The number of hydrogen-bond acceptors (Lipinski definition) is 4. The van der Waals surface area contributed by atoms with E-state index in [0.29, 0.717) is 12.5 Å². The average Bonchev–Trinajstić information content (AvgIpc) is 3.27. The molecule has 0 radical (unpaired) electrons. The molecule has 3 rings (SSSR count). The number of hydrogen-bond donors (Lipinski definition) is 2. The zero-order valence-electron chi connectivity index (χ0n) is 20.1. The Morgan fingerprint density at radius 2 is 1.85 bits per heavy atom. The summed E-state index contributed by atoms with van der Waals surface area (Å²) in [5.74, 6) is 1.29. The lowest BCUT2D eigenvalue weighted by molar-refractivity contribution is 0.0185. The maximum Gasteiger partial charge on any atom is 0.410 e. The average molecular weight is 569 g/mol. The number of nitrogens with zero attached hydrogens (tertiary/aromatic N) is 4. The first-order valence-corrected chi connectivity index (χ1v) is 11.3. The van der Waals surface area contributed by atoms with Crippen molar-refractivity contribution < 1.29 is 9.53 Å². The lowest BCUT2D eigenvalue weighted by Crippen LogP contribution is -2.45. The van der Waals surface area contributed by atoms with Gasteiger partial charge < -0.3 is 20.3 Å². The Bertz CT molecular complexity index is 887. The van der Waals surface area contributed by atoms with Crippen molar-refractivity contribution in [1.82, 2.24) is 25.3 Å². The molecule has 1 aliphatic heterocycles. The lowest BCUT2D eigenvalue weighted by Gasteiger charge is -2.33. The molecule has 0 saturated carbocycles. The summed E-state index contributed by atoms with van der Waals surface area (Å²) in [6.45, 7) is 9.42. The third-order valence-electron chi connectivity index (χ3n) is 5.50. The second-order valence-electron chi connectivity index (χ2n) is 9.19. The summed E-state index contributed by atoms with van der Waals surface area (Å²) in [7, 11) is 1.79. The van der Waals surface area contributed by atoms with Gasteiger partial charge in [-0.25, -0.2) is 4.79 Å². The van der Waals surface area contributed by atoms with Gasteiger partial charge in [-0.3, -0.25) is 9.67 Å². The molecule has 1 aromatic heterocycles. The number of amides is 1. The molecule has 0 spiro atoms. The number of carbonyl (C=O) groups is 1. The Labute approximate surface area is 214 Å². The smallest absolute Gasteiger partial charge is 0.410 e. The van der Waals surface area contributed by atoms with Crippen LogP contribution < -0.4 is 10.6 Å². The van der Waals surface area contributed by atoms with Gasteiger partial charge in [0.15, 0.2) is 5.96 Å². The number of ether oxygens (including phenoxy) is 1. The SMILES string of the molecule is CN=C(NCc1ccccc1Cn1cccn1)NCC1CCN(C(=O)OC(C)(C)C)CC1.I. The van der Waals surface area contributed by atoms with Crippen molar-refractivity contribution in [3.63, 3.8) is 0 Å². The molecule has 0 unspecified atom stereocenters. The Balaban J connectivity index is 0.00000385. The summed E-state index contributed by atoms with van der Waals surface area (Å²) in [6, 6.07) is 10.3. The zero-order valence-corrected chi connectivity index (χ0v) is 22.4. The van der Waals surface area contributed by atoms with Crippen molar-refractivity contribution >= 4 is 36.0 Å². The first-order valence-electron chi connectivity index (χ1n) is 11.3. The van der Waals surface area contributed by atoms with E-state index in [9.17, 15) is 4.79 Å². The van der Waals surface area contributed by atoms with Crippen LogP contribution in [0.1, 0.15) is 44.7 Å². The highest BCUT2D eigenvalue weighted by Gasteiger charge is 2.26. The van der Waals surface area contributed by atoms with Gasteiger partial charge in [0.05, 0.1) is 6.54 Å². The highest BCUT2D eigenvalue weighted by atomic mass is 127. The summed E-state index contributed by atoms with van der Waals surface area (Å²) in [5.41, 5.74) is 2.00. The van der Waals surface area contributed by atoms with Crippen LogP contribution in [0.25, 0.3) is 0 Å². The Hall–Kier alpha value is -2.30. The third kappa shape index (κ3) is 8.87. The van der Waals surface area contributed by atoms with E-state index < -0.39 is 5.60 Å². The number of aliphatic imine (C=N–C) groups is 1. The van der Waals surface area contributed by atoms with Crippen LogP contribution in [0.4, 0.5) is 4.79 Å². The van der Waals surface area contributed by atoms with Crippen LogP contribution in [0, 0.1) is 5.92 Å². The van der Waals surface area contributed by atoms with Crippen molar-refractivity contribution in [3.8, 4) is 0 Å². The van der Waals surface area contributed by atoms with Gasteiger partial charge in [-0.1, -0.05) is 24.3 Å². The van der Waals surface area contributed by atoms with Gasteiger partial charge >= 0.3 is 6.09 Å². The summed E-state index contributed by atoms with van der Waals surface area (Å²) in [6.07, 6.45) is 5.46. The molecular formula is C24H37IN6O2. The van der Waals surface area contributed by atoms with Crippen LogP contribution in [0.3, 0.4) is 0 Å². The molecule has 1 aromatic carbocycles. The predicted octanol–water partition coefficient (Wildman–Crippen LogP) is 3.86. The molecule has 8 nitrogen and oxygen atoms in total. The summed E-state index contributed by atoms with van der Waals surface area (Å²) < 4.78 is 7.41. The number of likely N-dealkylation sites (tertiary alicyclic amines) is 1. The number of carbonyl (C=O) groups excluding carboxylic acids is 1. The molecule has 0 aliphatic carbocycles. The number of halogens is 1. The Morgan fingerprint density at radius 1 is 1.15 bits per heavy atom. The van der Waals surface area contributed by atoms with E-state index >= 15 is 0 Å². The van der Waals surface area contributed by atoms with E-state index in [2.05, 4.69) is 45.0 Å². The Morgan fingerprint density at radius 3 is 2.45 bits per heavy atom. The lowest BCUT2D eigenvalue weighted by atomic mass is 9.97. The highest BCUT2D eigenvalue weighted by molar-refractivity contribution is 14.0. The van der Waals surface area contributed by atoms with E-state index in [4.69, 9.17) is 4.74 Å². The fourth-order valence-electron chi connectivity index (χ4n) is 3.74. The van der Waals surface area contributed by atoms with E-state index in [1.54, 1.807) is 13.2 Å². The molecule has 0 atom stereocenters. The second-order valence-corrected chi connectivity index (χ2v) is 9.19. The van der Waals surface area contributed by atoms with Gasteiger partial charge in [0.1, 0.15) is 5.60 Å². The number of guanidine groups is 1. The fourth-order valence-corrected chi connectivity index (χ4v) is 3.74. The molecule has 1 fully saturated rings. The maximum absolute atomic E-state index is 12.2. The van der Waals surface area contributed by atoms with Crippen LogP contribution in [0.2, 0.25) is 0 Å². The van der Waals surface area contributed by atoms with Crippen molar-refractivity contribution in [1.29, 1.82) is 0 Å². The van der Waals surface area contributed by atoms with Gasteiger partial charge in [0.25, 0.3) is 0 Å². The number of benzene rings is 1. The van der Waals surface area contributed by atoms with Crippen molar-refractivity contribution in [2.75, 3.05) is 26.7 Å². The Kier molecular flexibility index (Phi) is 10.5. The predicted molar refractivity (Wildman–Crippen MR) is 142 cm³/mol.